The molecule has 0 saturated carbocycles. The lowest BCUT2D eigenvalue weighted by Crippen LogP contribution is -2.30. The predicted octanol–water partition coefficient (Wildman–Crippen LogP) is 19.7. The highest BCUT2D eigenvalue weighted by molar-refractivity contribution is 5.70. The molecular weight excluding hydrogens is 813 g/mol. The number of hydrogen-bond donors (Lipinski definition) is 0. The van der Waals surface area contributed by atoms with Crippen molar-refractivity contribution in [3.8, 4) is 0 Å². The van der Waals surface area contributed by atoms with Crippen LogP contribution in [-0.4, -0.2) is 37.9 Å². The first-order chi connectivity index (χ1) is 32.6. The molecule has 0 aliphatic heterocycles. The van der Waals surface area contributed by atoms with Gasteiger partial charge in [0.15, 0.2) is 6.10 Å². The SMILES string of the molecule is CC/C=C\C/C=C\C/C=C\C/C=C\CCCCCCCCC(=O)OCC(COCCCCCCCCCCCCCCCCCCCC)OC(=O)CCCCCCC/C=C\CCCCCC. The van der Waals surface area contributed by atoms with Gasteiger partial charge >= 0.3 is 11.9 Å². The van der Waals surface area contributed by atoms with Crippen molar-refractivity contribution in [3.63, 3.8) is 0 Å². The summed E-state index contributed by atoms with van der Waals surface area (Å²) in [5.41, 5.74) is 0. The van der Waals surface area contributed by atoms with Crippen LogP contribution < -0.4 is 0 Å². The third-order valence-electron chi connectivity index (χ3n) is 12.5. The van der Waals surface area contributed by atoms with Gasteiger partial charge in [-0.05, 0) is 83.5 Å². The van der Waals surface area contributed by atoms with Crippen LogP contribution in [0.1, 0.15) is 290 Å². The van der Waals surface area contributed by atoms with Crippen molar-refractivity contribution in [1.29, 1.82) is 0 Å². The highest BCUT2D eigenvalue weighted by Gasteiger charge is 2.17. The van der Waals surface area contributed by atoms with Crippen LogP contribution in [0.5, 0.6) is 0 Å². The molecule has 1 atom stereocenters. The summed E-state index contributed by atoms with van der Waals surface area (Å²) in [5, 5.41) is 0. The molecule has 0 spiro atoms. The Morgan fingerprint density at radius 2 is 0.682 bits per heavy atom. The molecule has 5 heteroatoms. The number of esters is 2. The molecule has 0 amide bonds. The monoisotopic (exact) mass is 923 g/mol. The van der Waals surface area contributed by atoms with Crippen LogP contribution in [0.25, 0.3) is 0 Å². The summed E-state index contributed by atoms with van der Waals surface area (Å²) in [5.74, 6) is -0.411. The second-order valence-corrected chi connectivity index (χ2v) is 19.2. The lowest BCUT2D eigenvalue weighted by atomic mass is 10.0. The Hall–Kier alpha value is -2.40. The highest BCUT2D eigenvalue weighted by atomic mass is 16.6. The largest absolute Gasteiger partial charge is 0.462 e. The predicted molar refractivity (Wildman–Crippen MR) is 288 cm³/mol. The fourth-order valence-corrected chi connectivity index (χ4v) is 8.26. The maximum absolute atomic E-state index is 12.8. The van der Waals surface area contributed by atoms with Gasteiger partial charge in [0.2, 0.25) is 0 Å². The third-order valence-corrected chi connectivity index (χ3v) is 12.5. The van der Waals surface area contributed by atoms with Gasteiger partial charge in [-0.25, -0.2) is 0 Å². The molecule has 0 N–H and O–H groups in total. The molecule has 1 unspecified atom stereocenters. The van der Waals surface area contributed by atoms with Crippen molar-refractivity contribution >= 4 is 11.9 Å². The number of ether oxygens (including phenoxy) is 3. The van der Waals surface area contributed by atoms with Gasteiger partial charge in [0.25, 0.3) is 0 Å². The van der Waals surface area contributed by atoms with Crippen molar-refractivity contribution in [3.05, 3.63) is 60.8 Å². The van der Waals surface area contributed by atoms with E-state index >= 15 is 0 Å². The van der Waals surface area contributed by atoms with Crippen LogP contribution in [0.2, 0.25) is 0 Å². The molecule has 0 aromatic rings. The zero-order chi connectivity index (χ0) is 47.7. The Kier molecular flexibility index (Phi) is 54.9. The van der Waals surface area contributed by atoms with E-state index in [-0.39, 0.29) is 25.2 Å². The van der Waals surface area contributed by atoms with Crippen LogP contribution in [0.4, 0.5) is 0 Å². The van der Waals surface area contributed by atoms with Gasteiger partial charge in [-0.1, -0.05) is 255 Å². The average Bonchev–Trinajstić information content (AvgIpc) is 3.32. The minimum absolute atomic E-state index is 0.0765. The lowest BCUT2D eigenvalue weighted by molar-refractivity contribution is -0.163. The third kappa shape index (κ3) is 54.2. The number of unbranched alkanes of at least 4 members (excludes halogenated alkanes) is 32. The van der Waals surface area contributed by atoms with Gasteiger partial charge in [0.1, 0.15) is 6.61 Å². The molecule has 0 bridgehead atoms. The number of hydrogen-bond acceptors (Lipinski definition) is 5. The maximum atomic E-state index is 12.8. The first kappa shape index (κ1) is 63.6. The molecule has 384 valence electrons. The molecule has 0 aliphatic carbocycles. The fraction of sp³-hybridized carbons (Fsp3) is 0.803. The second kappa shape index (κ2) is 56.9. The summed E-state index contributed by atoms with van der Waals surface area (Å²) in [6.07, 6.45) is 72.4. The van der Waals surface area contributed by atoms with E-state index in [9.17, 15) is 9.59 Å². The van der Waals surface area contributed by atoms with Crippen LogP contribution in [-0.2, 0) is 23.8 Å². The summed E-state index contributed by atoms with van der Waals surface area (Å²) < 4.78 is 17.5. The topological polar surface area (TPSA) is 61.8 Å². The zero-order valence-electron chi connectivity index (χ0n) is 44.2. The molecule has 0 saturated heterocycles. The molecule has 0 heterocycles. The number of allylic oxidation sites excluding steroid dienone is 10. The average molecular weight is 924 g/mol. The van der Waals surface area contributed by atoms with Crippen LogP contribution in [0.3, 0.4) is 0 Å². The van der Waals surface area contributed by atoms with E-state index in [0.717, 1.165) is 83.5 Å². The van der Waals surface area contributed by atoms with Gasteiger partial charge in [-0.2, -0.15) is 0 Å². The molecule has 0 fully saturated rings. The van der Waals surface area contributed by atoms with Gasteiger partial charge in [-0.15, -0.1) is 0 Å². The lowest BCUT2D eigenvalue weighted by Gasteiger charge is -2.18. The Balaban J connectivity index is 4.25. The summed E-state index contributed by atoms with van der Waals surface area (Å²) in [7, 11) is 0. The van der Waals surface area contributed by atoms with Crippen LogP contribution in [0, 0.1) is 0 Å². The minimum Gasteiger partial charge on any atom is -0.462 e. The van der Waals surface area contributed by atoms with Crippen molar-refractivity contribution in [1.82, 2.24) is 0 Å². The number of rotatable bonds is 53. The van der Waals surface area contributed by atoms with E-state index in [1.54, 1.807) is 0 Å². The normalized spacial score (nSPS) is 12.6. The van der Waals surface area contributed by atoms with E-state index in [2.05, 4.69) is 81.5 Å². The van der Waals surface area contributed by atoms with E-state index in [1.165, 1.54) is 173 Å². The molecule has 0 rings (SSSR count). The maximum Gasteiger partial charge on any atom is 0.306 e. The molecule has 0 aromatic carbocycles. The van der Waals surface area contributed by atoms with Gasteiger partial charge in [-0.3, -0.25) is 9.59 Å². The van der Waals surface area contributed by atoms with Gasteiger partial charge in [0.05, 0.1) is 6.61 Å². The van der Waals surface area contributed by atoms with Crippen LogP contribution >= 0.6 is 0 Å². The molecule has 66 heavy (non-hydrogen) atoms. The molecule has 5 nitrogen and oxygen atoms in total. The van der Waals surface area contributed by atoms with E-state index in [4.69, 9.17) is 14.2 Å². The van der Waals surface area contributed by atoms with E-state index < -0.39 is 6.10 Å². The minimum atomic E-state index is -0.545. The summed E-state index contributed by atoms with van der Waals surface area (Å²) in [4.78, 5) is 25.5. The van der Waals surface area contributed by atoms with Crippen molar-refractivity contribution in [2.24, 2.45) is 0 Å². The summed E-state index contributed by atoms with van der Waals surface area (Å²) in [6.45, 7) is 7.72. The Morgan fingerprint density at radius 1 is 0.348 bits per heavy atom. The smallest absolute Gasteiger partial charge is 0.306 e. The van der Waals surface area contributed by atoms with Crippen LogP contribution in [0.15, 0.2) is 60.8 Å². The summed E-state index contributed by atoms with van der Waals surface area (Å²) in [6, 6.07) is 0. The summed E-state index contributed by atoms with van der Waals surface area (Å²) >= 11 is 0. The molecule has 0 aliphatic rings. The number of carbonyl (C=O) groups is 2. The molecular formula is C61H110O5. The second-order valence-electron chi connectivity index (χ2n) is 19.2. The Morgan fingerprint density at radius 3 is 1.12 bits per heavy atom. The van der Waals surface area contributed by atoms with Gasteiger partial charge < -0.3 is 14.2 Å². The Bertz CT molecular complexity index is 1130. The van der Waals surface area contributed by atoms with E-state index in [1.807, 2.05) is 0 Å². The zero-order valence-corrected chi connectivity index (χ0v) is 44.2. The van der Waals surface area contributed by atoms with Crippen molar-refractivity contribution in [2.45, 2.75) is 297 Å². The van der Waals surface area contributed by atoms with Crippen molar-refractivity contribution < 1.29 is 23.8 Å². The Labute approximate surface area is 411 Å². The van der Waals surface area contributed by atoms with Crippen molar-refractivity contribution in [2.75, 3.05) is 19.8 Å². The van der Waals surface area contributed by atoms with Gasteiger partial charge in [0, 0.05) is 19.4 Å². The number of carbonyl (C=O) groups excluding carboxylic acids is 2. The first-order valence-electron chi connectivity index (χ1n) is 28.8. The van der Waals surface area contributed by atoms with E-state index in [0.29, 0.717) is 19.4 Å². The molecule has 0 aromatic heterocycles. The first-order valence-corrected chi connectivity index (χ1v) is 28.8. The highest BCUT2D eigenvalue weighted by Crippen LogP contribution is 2.16. The quantitative estimate of drug-likeness (QED) is 0.0346. The fourth-order valence-electron chi connectivity index (χ4n) is 8.26. The molecule has 0 radical (unpaired) electrons. The standard InChI is InChI=1S/C61H110O5/c1-4-7-10-13-16-19-22-25-27-29-31-32-34-37-39-42-45-48-51-54-60(62)65-58-59(66-61(63)55-52-49-46-43-40-36-24-21-18-15-12-9-6-3)57-64-56-53-50-47-44-41-38-35-33-30-28-26-23-20-17-14-11-8-5-2/h7,10,16,19,21,24-25,27,31-32,59H,4-6,8-9,11-15,17-18,20,22-23,26,28-30,33-58H2,1-3H3/b10-7-,19-16-,24-21-,27-25-,32-31-.